The molecule has 1 amide bonds. The van der Waals surface area contributed by atoms with Crippen molar-refractivity contribution in [2.45, 2.75) is 52.4 Å². The summed E-state index contributed by atoms with van der Waals surface area (Å²) in [6.07, 6.45) is -0.418. The molecule has 0 aromatic heterocycles. The van der Waals surface area contributed by atoms with E-state index in [4.69, 9.17) is 9.47 Å². The number of carbonyl (C=O) groups excluding carboxylic acids is 1. The van der Waals surface area contributed by atoms with Gasteiger partial charge in [0.25, 0.3) is 0 Å². The number of benzene rings is 2. The Hall–Kier alpha value is -2.69. The highest BCUT2D eigenvalue weighted by Crippen LogP contribution is 2.18. The Labute approximate surface area is 162 Å². The summed E-state index contributed by atoms with van der Waals surface area (Å²) in [5.74, 6) is 0.815. The van der Waals surface area contributed by atoms with Crippen LogP contribution in [0.2, 0.25) is 0 Å². The van der Waals surface area contributed by atoms with Gasteiger partial charge in [-0.3, -0.25) is 0 Å². The highest BCUT2D eigenvalue weighted by atomic mass is 16.6. The first-order chi connectivity index (χ1) is 12.6. The van der Waals surface area contributed by atoms with Gasteiger partial charge in [0.1, 0.15) is 18.0 Å². The molecular formula is C22H30N2O3. The van der Waals surface area contributed by atoms with Crippen LogP contribution in [0.3, 0.4) is 0 Å². The number of anilines is 1. The summed E-state index contributed by atoms with van der Waals surface area (Å²) < 4.78 is 11.1. The third kappa shape index (κ3) is 8.03. The second-order valence-electron chi connectivity index (χ2n) is 8.16. The van der Waals surface area contributed by atoms with Crippen LogP contribution in [0.4, 0.5) is 10.5 Å². The lowest BCUT2D eigenvalue weighted by molar-refractivity contribution is 0.0478. The highest BCUT2D eigenvalue weighted by Gasteiger charge is 2.24. The molecule has 5 heteroatoms. The van der Waals surface area contributed by atoms with Crippen LogP contribution in [0.15, 0.2) is 54.6 Å². The van der Waals surface area contributed by atoms with Crippen molar-refractivity contribution < 1.29 is 14.3 Å². The standard InChI is InChI=1S/C22H30N2O3/c1-21(2,3)27-20(25)24-22(4,5)16-23-18-11-13-19(14-12-18)26-15-17-9-7-6-8-10-17/h6-14,23H,15-16H2,1-5H3,(H,24,25). The fourth-order valence-corrected chi connectivity index (χ4v) is 2.36. The fraction of sp³-hybridized carbons (Fsp3) is 0.409. The van der Waals surface area contributed by atoms with E-state index in [0.29, 0.717) is 13.2 Å². The Morgan fingerprint density at radius 2 is 1.56 bits per heavy atom. The molecule has 0 spiro atoms. The van der Waals surface area contributed by atoms with Crippen LogP contribution < -0.4 is 15.4 Å². The molecule has 0 aliphatic heterocycles. The average Bonchev–Trinajstić information content (AvgIpc) is 2.58. The topological polar surface area (TPSA) is 59.6 Å². The number of carbonyl (C=O) groups is 1. The van der Waals surface area contributed by atoms with Crippen LogP contribution in [0, 0.1) is 0 Å². The Morgan fingerprint density at radius 1 is 0.926 bits per heavy atom. The van der Waals surface area contributed by atoms with Crippen molar-refractivity contribution in [3.8, 4) is 5.75 Å². The Bertz CT molecular complexity index is 719. The Balaban J connectivity index is 1.80. The monoisotopic (exact) mass is 370 g/mol. The Morgan fingerprint density at radius 3 is 2.15 bits per heavy atom. The number of amides is 1. The quantitative estimate of drug-likeness (QED) is 0.721. The molecule has 5 nitrogen and oxygen atoms in total. The molecule has 0 fully saturated rings. The first-order valence-electron chi connectivity index (χ1n) is 9.15. The minimum Gasteiger partial charge on any atom is -0.489 e. The zero-order chi connectivity index (χ0) is 19.9. The molecule has 0 unspecified atom stereocenters. The predicted octanol–water partition coefficient (Wildman–Crippen LogP) is 4.98. The zero-order valence-electron chi connectivity index (χ0n) is 16.8. The van der Waals surface area contributed by atoms with E-state index in [9.17, 15) is 4.79 Å². The van der Waals surface area contributed by atoms with Crippen LogP contribution in [0.25, 0.3) is 0 Å². The van der Waals surface area contributed by atoms with Crippen molar-refractivity contribution in [3.05, 3.63) is 60.2 Å². The van der Waals surface area contributed by atoms with E-state index in [-0.39, 0.29) is 0 Å². The van der Waals surface area contributed by atoms with Crippen LogP contribution in [0.5, 0.6) is 5.75 Å². The van der Waals surface area contributed by atoms with Gasteiger partial charge < -0.3 is 20.1 Å². The Kier molecular flexibility index (Phi) is 6.72. The van der Waals surface area contributed by atoms with E-state index >= 15 is 0 Å². The smallest absolute Gasteiger partial charge is 0.408 e. The molecule has 2 aromatic rings. The normalized spacial score (nSPS) is 11.6. The molecule has 0 bridgehead atoms. The molecule has 0 heterocycles. The molecule has 27 heavy (non-hydrogen) atoms. The van der Waals surface area contributed by atoms with Crippen molar-refractivity contribution in [2.24, 2.45) is 0 Å². The maximum Gasteiger partial charge on any atom is 0.408 e. The minimum atomic E-state index is -0.511. The molecule has 0 radical (unpaired) electrons. The number of rotatable bonds is 7. The molecule has 2 rings (SSSR count). The van der Waals surface area contributed by atoms with Gasteiger partial charge in [-0.15, -0.1) is 0 Å². The van der Waals surface area contributed by atoms with E-state index in [1.165, 1.54) is 0 Å². The third-order valence-corrected chi connectivity index (χ3v) is 3.68. The van der Waals surface area contributed by atoms with E-state index in [0.717, 1.165) is 17.0 Å². The predicted molar refractivity (Wildman–Crippen MR) is 109 cm³/mol. The van der Waals surface area contributed by atoms with Crippen LogP contribution >= 0.6 is 0 Å². The van der Waals surface area contributed by atoms with E-state index < -0.39 is 17.2 Å². The van der Waals surface area contributed by atoms with Gasteiger partial charge in [-0.25, -0.2) is 4.79 Å². The lowest BCUT2D eigenvalue weighted by Gasteiger charge is -2.29. The molecule has 2 N–H and O–H groups in total. The molecule has 146 valence electrons. The van der Waals surface area contributed by atoms with Crippen molar-refractivity contribution >= 4 is 11.8 Å². The van der Waals surface area contributed by atoms with E-state index in [2.05, 4.69) is 10.6 Å². The van der Waals surface area contributed by atoms with Gasteiger partial charge in [-0.2, -0.15) is 0 Å². The van der Waals surface area contributed by atoms with Gasteiger partial charge in [0.2, 0.25) is 0 Å². The second-order valence-corrected chi connectivity index (χ2v) is 8.16. The summed E-state index contributed by atoms with van der Waals surface area (Å²) in [5, 5.41) is 6.21. The van der Waals surface area contributed by atoms with Crippen LogP contribution in [-0.4, -0.2) is 23.8 Å². The average molecular weight is 370 g/mol. The van der Waals surface area contributed by atoms with Crippen LogP contribution in [-0.2, 0) is 11.3 Å². The summed E-state index contributed by atoms with van der Waals surface area (Å²) >= 11 is 0. The van der Waals surface area contributed by atoms with Gasteiger partial charge in [0, 0.05) is 12.2 Å². The summed E-state index contributed by atoms with van der Waals surface area (Å²) in [4.78, 5) is 11.9. The summed E-state index contributed by atoms with van der Waals surface area (Å²) in [5.41, 5.74) is 1.13. The summed E-state index contributed by atoms with van der Waals surface area (Å²) in [7, 11) is 0. The van der Waals surface area contributed by atoms with Crippen molar-refractivity contribution in [2.75, 3.05) is 11.9 Å². The number of hydrogen-bond acceptors (Lipinski definition) is 4. The molecule has 2 aromatic carbocycles. The minimum absolute atomic E-state index is 0.418. The van der Waals surface area contributed by atoms with Gasteiger partial charge >= 0.3 is 6.09 Å². The number of nitrogens with one attached hydrogen (secondary N) is 2. The second kappa shape index (κ2) is 8.80. The number of ether oxygens (including phenoxy) is 2. The van der Waals surface area contributed by atoms with Gasteiger partial charge in [-0.05, 0) is 64.4 Å². The molecule has 0 aliphatic rings. The molecule has 0 aliphatic carbocycles. The molecule has 0 atom stereocenters. The maximum absolute atomic E-state index is 11.9. The maximum atomic E-state index is 11.9. The van der Waals surface area contributed by atoms with Gasteiger partial charge in [0.15, 0.2) is 0 Å². The van der Waals surface area contributed by atoms with Gasteiger partial charge in [-0.1, -0.05) is 30.3 Å². The van der Waals surface area contributed by atoms with Crippen molar-refractivity contribution in [1.29, 1.82) is 0 Å². The fourth-order valence-electron chi connectivity index (χ4n) is 2.36. The van der Waals surface area contributed by atoms with Crippen molar-refractivity contribution in [3.63, 3.8) is 0 Å². The van der Waals surface area contributed by atoms with Gasteiger partial charge in [0.05, 0.1) is 5.54 Å². The highest BCUT2D eigenvalue weighted by molar-refractivity contribution is 5.68. The first kappa shape index (κ1) is 20.6. The summed E-state index contributed by atoms with van der Waals surface area (Å²) in [6, 6.07) is 17.8. The summed E-state index contributed by atoms with van der Waals surface area (Å²) in [6.45, 7) is 10.5. The molecule has 0 saturated carbocycles. The van der Waals surface area contributed by atoms with Crippen LogP contribution in [0.1, 0.15) is 40.2 Å². The molecule has 0 saturated heterocycles. The van der Waals surface area contributed by atoms with E-state index in [1.807, 2.05) is 89.2 Å². The van der Waals surface area contributed by atoms with E-state index in [1.54, 1.807) is 0 Å². The lowest BCUT2D eigenvalue weighted by atomic mass is 10.1. The molecular weight excluding hydrogens is 340 g/mol. The SMILES string of the molecule is CC(C)(CNc1ccc(OCc2ccccc2)cc1)NC(=O)OC(C)(C)C. The van der Waals surface area contributed by atoms with Crippen molar-refractivity contribution in [1.82, 2.24) is 5.32 Å². The number of alkyl carbamates (subject to hydrolysis) is 1. The lowest BCUT2D eigenvalue weighted by Crippen LogP contribution is -2.49. The third-order valence-electron chi connectivity index (χ3n) is 3.68. The number of hydrogen-bond donors (Lipinski definition) is 2. The first-order valence-corrected chi connectivity index (χ1v) is 9.15. The largest absolute Gasteiger partial charge is 0.489 e. The zero-order valence-corrected chi connectivity index (χ0v) is 16.8.